The number of unbranched alkanes of at least 4 members (excludes halogenated alkanes) is 1. The second kappa shape index (κ2) is 14.8. The fourth-order valence-corrected chi connectivity index (χ4v) is 4.39. The Morgan fingerprint density at radius 2 is 1.95 bits per heavy atom. The van der Waals surface area contributed by atoms with Crippen LogP contribution in [-0.2, 0) is 16.0 Å². The van der Waals surface area contributed by atoms with Gasteiger partial charge in [-0.2, -0.15) is 4.99 Å². The van der Waals surface area contributed by atoms with E-state index >= 15 is 0 Å². The van der Waals surface area contributed by atoms with Crippen molar-refractivity contribution in [1.82, 2.24) is 14.8 Å². The molecule has 0 spiro atoms. The Kier molecular flexibility index (Phi) is 10.7. The van der Waals surface area contributed by atoms with Gasteiger partial charge in [-0.25, -0.2) is 4.79 Å². The summed E-state index contributed by atoms with van der Waals surface area (Å²) in [6.07, 6.45) is 13.8. The second-order valence-electron chi connectivity index (χ2n) is 10.3. The van der Waals surface area contributed by atoms with E-state index in [9.17, 15) is 9.59 Å². The molecule has 216 valence electrons. The lowest BCUT2D eigenvalue weighted by Gasteiger charge is -2.23. The van der Waals surface area contributed by atoms with Gasteiger partial charge in [0.1, 0.15) is 17.7 Å². The highest BCUT2D eigenvalue weighted by Crippen LogP contribution is 2.23. The number of anilines is 2. The number of amides is 3. The molecule has 1 aliphatic heterocycles. The third kappa shape index (κ3) is 9.32. The van der Waals surface area contributed by atoms with Gasteiger partial charge in [-0.15, -0.1) is 0 Å². The van der Waals surface area contributed by atoms with Crippen LogP contribution in [0, 0.1) is 0 Å². The zero-order chi connectivity index (χ0) is 29.0. The molecule has 0 atom stereocenters. The minimum atomic E-state index is -0.407. The Morgan fingerprint density at radius 1 is 1.12 bits per heavy atom. The van der Waals surface area contributed by atoms with E-state index in [-0.39, 0.29) is 24.1 Å². The van der Waals surface area contributed by atoms with E-state index in [1.54, 1.807) is 53.8 Å². The number of hydrogen-bond acceptors (Lipinski definition) is 7. The number of aliphatic imine (C=N–C) groups is 1. The van der Waals surface area contributed by atoms with Crippen LogP contribution in [0.25, 0.3) is 0 Å². The molecule has 0 bridgehead atoms. The molecule has 3 N–H and O–H groups in total. The van der Waals surface area contributed by atoms with E-state index in [0.29, 0.717) is 36.6 Å². The number of aromatic nitrogens is 1. The standard InChI is InChI=1S/C31H38N6O4/c1-36(2)16-8-9-17-37(31(39)35-29-22-40-21-25(41-29)18-23-10-4-3-5-11-23)20-24-14-15-28(33-19-24)30(38)34-27-13-7-6-12-26(27)32/h3-4,6-7,10,12-15,19,21H,5,8-9,11,16-18,20,22,32H2,1-2H3,(H,34,38). The number of para-hydroxylation sites is 2. The third-order valence-electron chi connectivity index (χ3n) is 6.59. The lowest BCUT2D eigenvalue weighted by molar-refractivity contribution is 0.102. The van der Waals surface area contributed by atoms with Crippen LogP contribution in [0.1, 0.15) is 48.2 Å². The third-order valence-corrected chi connectivity index (χ3v) is 6.59. The van der Waals surface area contributed by atoms with Crippen molar-refractivity contribution in [3.05, 3.63) is 89.7 Å². The number of urea groups is 1. The maximum Gasteiger partial charge on any atom is 0.346 e. The fraction of sp³-hybridized carbons (Fsp3) is 0.355. The number of carbonyl (C=O) groups excluding carboxylic acids is 2. The SMILES string of the molecule is CN(C)CCCCN(Cc1ccc(C(=O)Nc2ccccc2N)nc1)C(=O)N=C1COC=C(CC2=CC=CCC2)O1. The van der Waals surface area contributed by atoms with Crippen molar-refractivity contribution < 1.29 is 19.1 Å². The highest BCUT2D eigenvalue weighted by Gasteiger charge is 2.20. The maximum absolute atomic E-state index is 13.3. The molecule has 10 heteroatoms. The monoisotopic (exact) mass is 558 g/mol. The first-order chi connectivity index (χ1) is 19.9. The van der Waals surface area contributed by atoms with E-state index in [2.05, 4.69) is 32.3 Å². The molecule has 2 aromatic rings. The Labute approximate surface area is 241 Å². The molecule has 0 radical (unpaired) electrons. The smallest absolute Gasteiger partial charge is 0.346 e. The number of pyridine rings is 1. The van der Waals surface area contributed by atoms with Gasteiger partial charge in [0.25, 0.3) is 5.91 Å². The van der Waals surface area contributed by atoms with Gasteiger partial charge in [0.05, 0.1) is 11.4 Å². The van der Waals surface area contributed by atoms with Gasteiger partial charge in [-0.05, 0) is 70.1 Å². The van der Waals surface area contributed by atoms with Crippen LogP contribution in [0.5, 0.6) is 0 Å². The zero-order valence-electron chi connectivity index (χ0n) is 23.7. The lowest BCUT2D eigenvalue weighted by Crippen LogP contribution is -2.31. The van der Waals surface area contributed by atoms with Crippen molar-refractivity contribution in [3.63, 3.8) is 0 Å². The van der Waals surface area contributed by atoms with Crippen LogP contribution in [-0.4, -0.2) is 66.4 Å². The average molecular weight is 559 g/mol. The highest BCUT2D eigenvalue weighted by molar-refractivity contribution is 6.04. The molecule has 1 aromatic carbocycles. The van der Waals surface area contributed by atoms with Crippen molar-refractivity contribution in [2.45, 2.75) is 38.6 Å². The van der Waals surface area contributed by atoms with Crippen molar-refractivity contribution in [2.75, 3.05) is 44.8 Å². The van der Waals surface area contributed by atoms with Gasteiger partial charge in [0, 0.05) is 25.7 Å². The molecule has 1 aromatic heterocycles. The normalized spacial score (nSPS) is 15.5. The summed E-state index contributed by atoms with van der Waals surface area (Å²) in [6, 6.07) is 10.1. The maximum atomic E-state index is 13.3. The molecule has 0 fully saturated rings. The molecule has 0 unspecified atom stereocenters. The van der Waals surface area contributed by atoms with Crippen LogP contribution in [0.3, 0.4) is 0 Å². The van der Waals surface area contributed by atoms with Gasteiger partial charge in [-0.1, -0.05) is 42.0 Å². The number of benzene rings is 1. The number of allylic oxidation sites excluding steroid dienone is 4. The van der Waals surface area contributed by atoms with Gasteiger partial charge < -0.3 is 30.3 Å². The second-order valence-corrected chi connectivity index (χ2v) is 10.3. The van der Waals surface area contributed by atoms with E-state index in [1.807, 2.05) is 20.2 Å². The van der Waals surface area contributed by atoms with Crippen LogP contribution < -0.4 is 11.1 Å². The summed E-state index contributed by atoms with van der Waals surface area (Å²) >= 11 is 0. The number of rotatable bonds is 11. The van der Waals surface area contributed by atoms with Gasteiger partial charge in [0.15, 0.2) is 6.61 Å². The summed E-state index contributed by atoms with van der Waals surface area (Å²) in [4.78, 5) is 38.3. The summed E-state index contributed by atoms with van der Waals surface area (Å²) in [6.45, 7) is 1.83. The Hall–Kier alpha value is -4.44. The Bertz CT molecular complexity index is 1330. The number of nitrogens with zero attached hydrogens (tertiary/aromatic N) is 4. The van der Waals surface area contributed by atoms with Crippen LogP contribution in [0.15, 0.2) is 83.4 Å². The van der Waals surface area contributed by atoms with Crippen molar-refractivity contribution >= 4 is 29.2 Å². The summed E-state index contributed by atoms with van der Waals surface area (Å²) in [7, 11) is 4.05. The minimum absolute atomic E-state index is 0.0972. The first-order valence-electron chi connectivity index (χ1n) is 13.8. The van der Waals surface area contributed by atoms with Crippen LogP contribution in [0.2, 0.25) is 0 Å². The number of ether oxygens (including phenoxy) is 2. The largest absolute Gasteiger partial charge is 0.488 e. The highest BCUT2D eigenvalue weighted by atomic mass is 16.6. The first kappa shape index (κ1) is 29.5. The number of nitrogens with two attached hydrogens (primary N) is 1. The van der Waals surface area contributed by atoms with Gasteiger partial charge in [0.2, 0.25) is 5.90 Å². The van der Waals surface area contributed by atoms with Crippen molar-refractivity contribution in [1.29, 1.82) is 0 Å². The van der Waals surface area contributed by atoms with E-state index in [0.717, 1.165) is 37.8 Å². The molecule has 4 rings (SSSR count). The predicted molar refractivity (Wildman–Crippen MR) is 160 cm³/mol. The first-order valence-corrected chi connectivity index (χ1v) is 13.8. The summed E-state index contributed by atoms with van der Waals surface area (Å²) in [5.41, 5.74) is 9.19. The molecule has 10 nitrogen and oxygen atoms in total. The number of hydrogen-bond donors (Lipinski definition) is 2. The summed E-state index contributed by atoms with van der Waals surface area (Å²) in [5.74, 6) is 0.510. The lowest BCUT2D eigenvalue weighted by atomic mass is 10.0. The molecule has 0 saturated carbocycles. The molecule has 2 heterocycles. The number of carbonyl (C=O) groups is 2. The van der Waals surface area contributed by atoms with E-state index in [1.165, 1.54) is 5.57 Å². The molecular weight excluding hydrogens is 520 g/mol. The predicted octanol–water partition coefficient (Wildman–Crippen LogP) is 5.13. The molecule has 0 saturated heterocycles. The average Bonchev–Trinajstić information content (AvgIpc) is 2.97. The minimum Gasteiger partial charge on any atom is -0.488 e. The summed E-state index contributed by atoms with van der Waals surface area (Å²) < 4.78 is 11.5. The van der Waals surface area contributed by atoms with E-state index < -0.39 is 6.03 Å². The quantitative estimate of drug-likeness (QED) is 0.289. The van der Waals surface area contributed by atoms with Crippen LogP contribution >= 0.6 is 0 Å². The van der Waals surface area contributed by atoms with E-state index in [4.69, 9.17) is 15.2 Å². The summed E-state index contributed by atoms with van der Waals surface area (Å²) in [5, 5.41) is 2.77. The molecular formula is C31H38N6O4. The van der Waals surface area contributed by atoms with Crippen molar-refractivity contribution in [3.8, 4) is 0 Å². The molecule has 2 aliphatic rings. The van der Waals surface area contributed by atoms with Crippen LogP contribution in [0.4, 0.5) is 16.2 Å². The number of nitrogen functional groups attached to an aromatic ring is 1. The molecule has 3 amide bonds. The zero-order valence-corrected chi connectivity index (χ0v) is 23.7. The number of nitrogens with one attached hydrogen (secondary N) is 1. The Balaban J connectivity index is 1.40. The topological polar surface area (TPSA) is 122 Å². The Morgan fingerprint density at radius 3 is 2.68 bits per heavy atom. The van der Waals surface area contributed by atoms with Gasteiger partial charge >= 0.3 is 6.03 Å². The fourth-order valence-electron chi connectivity index (χ4n) is 4.39. The molecule has 41 heavy (non-hydrogen) atoms. The van der Waals surface area contributed by atoms with Gasteiger partial charge in [-0.3, -0.25) is 9.78 Å². The molecule has 1 aliphatic carbocycles. The van der Waals surface area contributed by atoms with Crippen molar-refractivity contribution in [2.24, 2.45) is 4.99 Å².